The Morgan fingerprint density at radius 3 is 2.58 bits per heavy atom. The number of carboxylic acids is 1. The molecule has 2 rings (SSSR count). The van der Waals surface area contributed by atoms with E-state index in [1.807, 2.05) is 30.3 Å². The molecule has 0 aromatic heterocycles. The van der Waals surface area contributed by atoms with Gasteiger partial charge in [0.25, 0.3) is 0 Å². The van der Waals surface area contributed by atoms with Gasteiger partial charge in [0.15, 0.2) is 0 Å². The molecule has 1 heterocycles. The van der Waals surface area contributed by atoms with Crippen LogP contribution in [0.3, 0.4) is 0 Å². The normalized spacial score (nSPS) is 22.3. The fourth-order valence-corrected chi connectivity index (χ4v) is 2.10. The lowest BCUT2D eigenvalue weighted by Gasteiger charge is -2.15. The van der Waals surface area contributed by atoms with Crippen molar-refractivity contribution in [3.8, 4) is 0 Å². The number of likely N-dealkylation sites (tertiary alicyclic amines) is 1. The molecule has 102 valence electrons. The van der Waals surface area contributed by atoms with Gasteiger partial charge in [-0.05, 0) is 5.56 Å². The largest absolute Gasteiger partial charge is 0.550 e. The van der Waals surface area contributed by atoms with E-state index in [2.05, 4.69) is 5.73 Å². The second-order valence-electron chi connectivity index (χ2n) is 4.63. The number of carbonyl (C=O) groups excluding carboxylic acids is 2. The average molecular weight is 264 g/mol. The van der Waals surface area contributed by atoms with Crippen molar-refractivity contribution in [1.82, 2.24) is 4.90 Å². The summed E-state index contributed by atoms with van der Waals surface area (Å²) < 4.78 is 5.13. The molecule has 6 nitrogen and oxygen atoms in total. The van der Waals surface area contributed by atoms with Crippen molar-refractivity contribution in [2.45, 2.75) is 12.6 Å². The summed E-state index contributed by atoms with van der Waals surface area (Å²) in [6, 6.07) is 8.95. The number of ether oxygens (including phenoxy) is 1. The number of amides is 1. The maximum atomic E-state index is 11.8. The van der Waals surface area contributed by atoms with E-state index in [9.17, 15) is 14.7 Å². The van der Waals surface area contributed by atoms with Crippen LogP contribution < -0.4 is 10.8 Å². The van der Waals surface area contributed by atoms with Gasteiger partial charge in [0.2, 0.25) is 0 Å². The van der Waals surface area contributed by atoms with Crippen LogP contribution in [0.5, 0.6) is 0 Å². The first-order valence-corrected chi connectivity index (χ1v) is 6.07. The Balaban J connectivity index is 1.86. The Hall–Kier alpha value is -2.08. The van der Waals surface area contributed by atoms with Gasteiger partial charge in [0.1, 0.15) is 12.6 Å². The molecular weight excluding hydrogens is 248 g/mol. The van der Waals surface area contributed by atoms with E-state index in [0.717, 1.165) is 5.56 Å². The zero-order valence-corrected chi connectivity index (χ0v) is 10.5. The first-order chi connectivity index (χ1) is 9.08. The Morgan fingerprint density at radius 1 is 1.32 bits per heavy atom. The molecule has 0 spiro atoms. The summed E-state index contributed by atoms with van der Waals surface area (Å²) in [5, 5.41) is 10.8. The molecule has 0 radical (unpaired) electrons. The molecule has 6 heteroatoms. The van der Waals surface area contributed by atoms with E-state index >= 15 is 0 Å². The summed E-state index contributed by atoms with van der Waals surface area (Å²) in [4.78, 5) is 24.0. The number of benzene rings is 1. The van der Waals surface area contributed by atoms with E-state index in [4.69, 9.17) is 4.74 Å². The standard InChI is InChI=1S/C13H16N2O4/c14-11-7-15(6-10(11)12(16)17)13(18)19-8-9-4-2-1-3-5-9/h1-5,10-11H,6-8,14H2,(H,16,17)/t10-,11-/m0/s1. The predicted molar refractivity (Wildman–Crippen MR) is 63.4 cm³/mol. The molecule has 1 aliphatic rings. The molecule has 1 aliphatic heterocycles. The van der Waals surface area contributed by atoms with Gasteiger partial charge in [-0.25, -0.2) is 4.79 Å². The van der Waals surface area contributed by atoms with Crippen LogP contribution in [0.4, 0.5) is 4.79 Å². The Bertz CT molecular complexity index is 463. The van der Waals surface area contributed by atoms with Crippen LogP contribution in [0, 0.1) is 5.92 Å². The van der Waals surface area contributed by atoms with Crippen LogP contribution >= 0.6 is 0 Å². The molecule has 0 aliphatic carbocycles. The van der Waals surface area contributed by atoms with Gasteiger partial charge < -0.3 is 25.3 Å². The Kier molecular flexibility index (Phi) is 4.01. The van der Waals surface area contributed by atoms with Crippen LogP contribution in [0.2, 0.25) is 0 Å². The Labute approximate surface area is 110 Å². The van der Waals surface area contributed by atoms with Crippen LogP contribution in [-0.2, 0) is 16.1 Å². The third-order valence-electron chi connectivity index (χ3n) is 3.21. The maximum Gasteiger partial charge on any atom is 0.410 e. The number of hydrogen-bond donors (Lipinski definition) is 1. The fourth-order valence-electron chi connectivity index (χ4n) is 2.10. The molecule has 0 saturated carbocycles. The number of hydrogen-bond acceptors (Lipinski definition) is 4. The summed E-state index contributed by atoms with van der Waals surface area (Å²) in [6.07, 6.45) is -0.513. The summed E-state index contributed by atoms with van der Waals surface area (Å²) in [7, 11) is 0. The molecule has 2 atom stereocenters. The molecule has 1 saturated heterocycles. The number of nitrogens with zero attached hydrogens (tertiary/aromatic N) is 1. The second kappa shape index (κ2) is 5.71. The van der Waals surface area contributed by atoms with E-state index in [0.29, 0.717) is 0 Å². The van der Waals surface area contributed by atoms with Crippen molar-refractivity contribution in [3.05, 3.63) is 35.9 Å². The van der Waals surface area contributed by atoms with Crippen LogP contribution in [0.25, 0.3) is 0 Å². The van der Waals surface area contributed by atoms with Gasteiger partial charge in [0, 0.05) is 6.54 Å². The van der Waals surface area contributed by atoms with Crippen LogP contribution in [0.1, 0.15) is 5.56 Å². The molecule has 0 bridgehead atoms. The lowest BCUT2D eigenvalue weighted by Crippen LogP contribution is -2.67. The van der Waals surface area contributed by atoms with Crippen molar-refractivity contribution >= 4 is 12.1 Å². The van der Waals surface area contributed by atoms with Crippen molar-refractivity contribution in [3.63, 3.8) is 0 Å². The minimum atomic E-state index is -1.17. The molecule has 1 aromatic rings. The van der Waals surface area contributed by atoms with Gasteiger partial charge in [-0.15, -0.1) is 0 Å². The van der Waals surface area contributed by atoms with E-state index in [1.54, 1.807) is 0 Å². The van der Waals surface area contributed by atoms with E-state index in [1.165, 1.54) is 4.90 Å². The monoisotopic (exact) mass is 264 g/mol. The molecule has 19 heavy (non-hydrogen) atoms. The van der Waals surface area contributed by atoms with E-state index < -0.39 is 18.0 Å². The summed E-state index contributed by atoms with van der Waals surface area (Å²) in [5.74, 6) is -1.89. The van der Waals surface area contributed by atoms with Gasteiger partial charge in [-0.3, -0.25) is 0 Å². The number of carboxylic acid groups (broad SMARTS) is 1. The van der Waals surface area contributed by atoms with Crippen molar-refractivity contribution in [2.75, 3.05) is 13.1 Å². The molecule has 3 N–H and O–H groups in total. The third kappa shape index (κ3) is 3.23. The summed E-state index contributed by atoms with van der Waals surface area (Å²) in [5.41, 5.74) is 4.61. The highest BCUT2D eigenvalue weighted by Gasteiger charge is 2.37. The van der Waals surface area contributed by atoms with Crippen LogP contribution in [-0.4, -0.2) is 36.1 Å². The van der Waals surface area contributed by atoms with Gasteiger partial charge in [-0.1, -0.05) is 30.3 Å². The lowest BCUT2D eigenvalue weighted by atomic mass is 10.1. The highest BCUT2D eigenvalue weighted by molar-refractivity contribution is 5.73. The zero-order chi connectivity index (χ0) is 13.8. The molecule has 0 unspecified atom stereocenters. The summed E-state index contributed by atoms with van der Waals surface area (Å²) >= 11 is 0. The minimum absolute atomic E-state index is 0.101. The first kappa shape index (κ1) is 13.4. The van der Waals surface area contributed by atoms with Crippen molar-refractivity contribution in [2.24, 2.45) is 5.92 Å². The van der Waals surface area contributed by atoms with Crippen LogP contribution in [0.15, 0.2) is 30.3 Å². The lowest BCUT2D eigenvalue weighted by molar-refractivity contribution is -0.428. The Morgan fingerprint density at radius 2 is 2.00 bits per heavy atom. The topological polar surface area (TPSA) is 97.3 Å². The average Bonchev–Trinajstić information content (AvgIpc) is 2.79. The quantitative estimate of drug-likeness (QED) is 0.727. The second-order valence-corrected chi connectivity index (χ2v) is 4.63. The predicted octanol–water partition coefficient (Wildman–Crippen LogP) is -1.38. The van der Waals surface area contributed by atoms with Gasteiger partial charge >= 0.3 is 6.09 Å². The highest BCUT2D eigenvalue weighted by Crippen LogP contribution is 2.15. The minimum Gasteiger partial charge on any atom is -0.550 e. The van der Waals surface area contributed by atoms with Gasteiger partial charge in [-0.2, -0.15) is 0 Å². The van der Waals surface area contributed by atoms with Crippen molar-refractivity contribution in [1.29, 1.82) is 0 Å². The number of quaternary nitrogens is 1. The number of aliphatic carboxylic acids is 1. The first-order valence-electron chi connectivity index (χ1n) is 6.07. The smallest absolute Gasteiger partial charge is 0.410 e. The maximum absolute atomic E-state index is 11.8. The fraction of sp³-hybridized carbons (Fsp3) is 0.385. The molecule has 1 aromatic carbocycles. The summed E-state index contributed by atoms with van der Waals surface area (Å²) in [6.45, 7) is 0.560. The third-order valence-corrected chi connectivity index (χ3v) is 3.21. The molecular formula is C13H16N2O4. The molecule has 1 fully saturated rings. The van der Waals surface area contributed by atoms with E-state index in [-0.39, 0.29) is 25.7 Å². The van der Waals surface area contributed by atoms with Gasteiger partial charge in [0.05, 0.1) is 18.4 Å². The zero-order valence-electron chi connectivity index (χ0n) is 10.5. The molecule has 1 amide bonds. The highest BCUT2D eigenvalue weighted by atomic mass is 16.6. The number of carbonyl (C=O) groups is 2. The SMILES string of the molecule is [NH3+][C@H]1CN(C(=O)OCc2ccccc2)C[C@@H]1C(=O)[O-]. The van der Waals surface area contributed by atoms with Crippen molar-refractivity contribution < 1.29 is 25.2 Å². The number of rotatable bonds is 3.